The highest BCUT2D eigenvalue weighted by Gasteiger charge is 2.44. The van der Waals surface area contributed by atoms with Crippen LogP contribution in [0.4, 0.5) is 22.0 Å². The maximum absolute atomic E-state index is 14.2. The molecule has 38 heavy (non-hydrogen) atoms. The summed E-state index contributed by atoms with van der Waals surface area (Å²) in [6.07, 6.45) is -5.52. The number of methoxy groups -OCH3 is 1. The number of hydrogen-bond donors (Lipinski definition) is 1. The Morgan fingerprint density at radius 2 is 1.84 bits per heavy atom. The van der Waals surface area contributed by atoms with Crippen molar-refractivity contribution in [2.75, 3.05) is 13.7 Å². The SMILES string of the molecule is COc1cc(-c2ccc(C(F)(F)F)nc2)cc(CNC(=O)[C@@H]2C[C@@H](F)CN2S(=O)(=O)c2ccc(F)cc2)n1. The molecule has 0 unspecified atom stereocenters. The smallest absolute Gasteiger partial charge is 0.433 e. The molecule has 0 saturated carbocycles. The standard InChI is InChI=1S/C24H21F5N4O4S/c1-37-22-9-15(14-2-7-21(30-11-14)24(27,28)29)8-18(32-22)12-31-23(34)20-10-17(26)13-33(20)38(35,36)19-5-3-16(25)4-6-19/h2-9,11,17,20H,10,12-13H2,1H3,(H,31,34)/t17-,20+/m1/s1. The third kappa shape index (κ3) is 5.91. The second-order valence-corrected chi connectivity index (χ2v) is 10.3. The van der Waals surface area contributed by atoms with E-state index in [0.717, 1.165) is 40.8 Å². The Labute approximate surface area is 214 Å². The van der Waals surface area contributed by atoms with Crippen molar-refractivity contribution in [2.45, 2.75) is 36.3 Å². The van der Waals surface area contributed by atoms with Gasteiger partial charge in [-0.15, -0.1) is 0 Å². The normalized spacial score (nSPS) is 18.4. The number of sulfonamides is 1. The molecule has 1 aliphatic heterocycles. The van der Waals surface area contributed by atoms with Gasteiger partial charge in [-0.1, -0.05) is 6.07 Å². The summed E-state index contributed by atoms with van der Waals surface area (Å²) in [5.74, 6) is -1.32. The molecule has 1 N–H and O–H groups in total. The van der Waals surface area contributed by atoms with E-state index in [1.54, 1.807) is 0 Å². The number of hydrogen-bond acceptors (Lipinski definition) is 6. The second-order valence-electron chi connectivity index (χ2n) is 8.41. The van der Waals surface area contributed by atoms with Crippen molar-refractivity contribution in [3.05, 3.63) is 71.9 Å². The zero-order valence-corrected chi connectivity index (χ0v) is 20.6. The van der Waals surface area contributed by atoms with Crippen molar-refractivity contribution in [3.8, 4) is 17.0 Å². The van der Waals surface area contributed by atoms with Crippen LogP contribution in [0.2, 0.25) is 0 Å². The highest BCUT2D eigenvalue weighted by Crippen LogP contribution is 2.31. The van der Waals surface area contributed by atoms with E-state index >= 15 is 0 Å². The average Bonchev–Trinajstić information content (AvgIpc) is 3.29. The summed E-state index contributed by atoms with van der Waals surface area (Å²) in [6.45, 7) is -0.755. The Hall–Kier alpha value is -3.65. The van der Waals surface area contributed by atoms with Crippen molar-refractivity contribution in [1.29, 1.82) is 0 Å². The Balaban J connectivity index is 1.52. The van der Waals surface area contributed by atoms with Gasteiger partial charge in [-0.05, 0) is 42.0 Å². The van der Waals surface area contributed by atoms with Crippen molar-refractivity contribution < 1.29 is 39.9 Å². The number of nitrogens with one attached hydrogen (secondary N) is 1. The molecule has 0 spiro atoms. The molecule has 14 heteroatoms. The quantitative estimate of drug-likeness (QED) is 0.445. The number of benzene rings is 1. The topological polar surface area (TPSA) is 101 Å². The summed E-state index contributed by atoms with van der Waals surface area (Å²) < 4.78 is 97.9. The van der Waals surface area contributed by atoms with Crippen LogP contribution >= 0.6 is 0 Å². The van der Waals surface area contributed by atoms with Gasteiger partial charge in [0.2, 0.25) is 21.8 Å². The van der Waals surface area contributed by atoms with Crippen LogP contribution in [-0.4, -0.2) is 54.5 Å². The third-order valence-corrected chi connectivity index (χ3v) is 7.71. The molecule has 2 atom stereocenters. The molecular weight excluding hydrogens is 535 g/mol. The summed E-state index contributed by atoms with van der Waals surface area (Å²) >= 11 is 0. The van der Waals surface area contributed by atoms with Crippen LogP contribution in [0.15, 0.2) is 59.6 Å². The summed E-state index contributed by atoms with van der Waals surface area (Å²) in [7, 11) is -2.96. The Morgan fingerprint density at radius 3 is 2.45 bits per heavy atom. The van der Waals surface area contributed by atoms with E-state index in [9.17, 15) is 35.2 Å². The summed E-state index contributed by atoms with van der Waals surface area (Å²) in [5.41, 5.74) is -0.0700. The summed E-state index contributed by atoms with van der Waals surface area (Å²) in [4.78, 5) is 20.3. The van der Waals surface area contributed by atoms with Gasteiger partial charge >= 0.3 is 6.18 Å². The van der Waals surface area contributed by atoms with E-state index in [-0.39, 0.29) is 29.4 Å². The lowest BCUT2D eigenvalue weighted by atomic mass is 10.1. The minimum atomic E-state index is -4.60. The van der Waals surface area contributed by atoms with Crippen LogP contribution in [0.25, 0.3) is 11.1 Å². The van der Waals surface area contributed by atoms with Gasteiger partial charge in [-0.25, -0.2) is 22.2 Å². The number of amides is 1. The maximum Gasteiger partial charge on any atom is 0.433 e. The van der Waals surface area contributed by atoms with Crippen molar-refractivity contribution >= 4 is 15.9 Å². The van der Waals surface area contributed by atoms with Gasteiger partial charge in [0.25, 0.3) is 0 Å². The lowest BCUT2D eigenvalue weighted by molar-refractivity contribution is -0.141. The minimum absolute atomic E-state index is 0.108. The molecule has 0 radical (unpaired) electrons. The number of alkyl halides is 4. The highest BCUT2D eigenvalue weighted by molar-refractivity contribution is 7.89. The number of aromatic nitrogens is 2. The van der Waals surface area contributed by atoms with Gasteiger partial charge in [0.15, 0.2) is 0 Å². The van der Waals surface area contributed by atoms with Crippen molar-refractivity contribution in [2.24, 2.45) is 0 Å². The van der Waals surface area contributed by atoms with Crippen LogP contribution < -0.4 is 10.1 Å². The Morgan fingerprint density at radius 1 is 1.13 bits per heavy atom. The van der Waals surface area contributed by atoms with Gasteiger partial charge in [0.1, 0.15) is 23.7 Å². The number of nitrogens with zero attached hydrogens (tertiary/aromatic N) is 3. The molecule has 3 aromatic rings. The van der Waals surface area contributed by atoms with E-state index in [0.29, 0.717) is 11.1 Å². The van der Waals surface area contributed by atoms with E-state index in [1.807, 2.05) is 0 Å². The van der Waals surface area contributed by atoms with Gasteiger partial charge in [-0.3, -0.25) is 9.78 Å². The van der Waals surface area contributed by atoms with E-state index < -0.39 is 52.4 Å². The van der Waals surface area contributed by atoms with Crippen LogP contribution in [0.3, 0.4) is 0 Å². The molecule has 1 amide bonds. The number of ether oxygens (including phenoxy) is 1. The number of carbonyl (C=O) groups is 1. The first-order chi connectivity index (χ1) is 17.9. The van der Waals surface area contributed by atoms with Gasteiger partial charge in [-0.2, -0.15) is 17.5 Å². The highest BCUT2D eigenvalue weighted by atomic mass is 32.2. The molecule has 1 saturated heterocycles. The molecule has 1 aromatic carbocycles. The zero-order valence-electron chi connectivity index (χ0n) is 19.7. The molecule has 3 heterocycles. The lowest BCUT2D eigenvalue weighted by Gasteiger charge is -2.23. The molecule has 1 aliphatic rings. The van der Waals surface area contributed by atoms with Gasteiger partial charge in [0.05, 0.1) is 24.2 Å². The first-order valence-electron chi connectivity index (χ1n) is 11.2. The van der Waals surface area contributed by atoms with E-state index in [1.165, 1.54) is 25.3 Å². The maximum atomic E-state index is 14.2. The van der Waals surface area contributed by atoms with Gasteiger partial charge in [0, 0.05) is 30.8 Å². The largest absolute Gasteiger partial charge is 0.481 e. The predicted octanol–water partition coefficient (Wildman–Crippen LogP) is 3.73. The zero-order chi connectivity index (χ0) is 27.7. The molecule has 2 aromatic heterocycles. The first-order valence-corrected chi connectivity index (χ1v) is 12.6. The molecular formula is C24H21F5N4O4S. The fourth-order valence-corrected chi connectivity index (χ4v) is 5.58. The second kappa shape index (κ2) is 10.6. The third-order valence-electron chi connectivity index (χ3n) is 5.82. The van der Waals surface area contributed by atoms with Crippen LogP contribution in [-0.2, 0) is 27.5 Å². The summed E-state index contributed by atoms with van der Waals surface area (Å²) in [5, 5.41) is 2.53. The Bertz CT molecular complexity index is 1420. The predicted molar refractivity (Wildman–Crippen MR) is 124 cm³/mol. The molecule has 8 nitrogen and oxygen atoms in total. The number of halogens is 5. The molecule has 4 rings (SSSR count). The average molecular weight is 557 g/mol. The monoisotopic (exact) mass is 556 g/mol. The van der Waals surface area contributed by atoms with Crippen LogP contribution in [0.5, 0.6) is 5.88 Å². The number of rotatable bonds is 7. The molecule has 1 fully saturated rings. The fraction of sp³-hybridized carbons (Fsp3) is 0.292. The fourth-order valence-electron chi connectivity index (χ4n) is 3.95. The minimum Gasteiger partial charge on any atom is -0.481 e. The molecule has 0 bridgehead atoms. The molecule has 202 valence electrons. The van der Waals surface area contributed by atoms with Crippen molar-refractivity contribution in [1.82, 2.24) is 19.6 Å². The number of pyridine rings is 2. The van der Waals surface area contributed by atoms with E-state index in [2.05, 4.69) is 15.3 Å². The molecule has 0 aliphatic carbocycles. The van der Waals surface area contributed by atoms with E-state index in [4.69, 9.17) is 4.74 Å². The number of carbonyl (C=O) groups excluding carboxylic acids is 1. The van der Waals surface area contributed by atoms with Crippen molar-refractivity contribution in [3.63, 3.8) is 0 Å². The first kappa shape index (κ1) is 27.4. The Kier molecular flexibility index (Phi) is 7.65. The van der Waals surface area contributed by atoms with Crippen LogP contribution in [0.1, 0.15) is 17.8 Å². The van der Waals surface area contributed by atoms with Gasteiger partial charge < -0.3 is 10.1 Å². The lowest BCUT2D eigenvalue weighted by Crippen LogP contribution is -2.45. The van der Waals surface area contributed by atoms with Crippen LogP contribution in [0, 0.1) is 5.82 Å². The summed E-state index contributed by atoms with van der Waals surface area (Å²) in [6, 6.07) is 7.62.